The van der Waals surface area contributed by atoms with Gasteiger partial charge in [0.15, 0.2) is 0 Å². The molecule has 0 radical (unpaired) electrons. The van der Waals surface area contributed by atoms with Gasteiger partial charge < -0.3 is 20.7 Å². The van der Waals surface area contributed by atoms with Gasteiger partial charge in [0.2, 0.25) is 5.91 Å². The van der Waals surface area contributed by atoms with Crippen molar-refractivity contribution in [3.63, 3.8) is 0 Å². The second kappa shape index (κ2) is 8.96. The van der Waals surface area contributed by atoms with Gasteiger partial charge in [0.05, 0.1) is 5.56 Å². The van der Waals surface area contributed by atoms with Gasteiger partial charge in [-0.2, -0.15) is 0 Å². The lowest BCUT2D eigenvalue weighted by Crippen LogP contribution is -2.42. The lowest BCUT2D eigenvalue weighted by molar-refractivity contribution is -0.117. The van der Waals surface area contributed by atoms with Gasteiger partial charge in [-0.15, -0.1) is 11.3 Å². The van der Waals surface area contributed by atoms with Gasteiger partial charge in [0, 0.05) is 27.7 Å². The Morgan fingerprint density at radius 1 is 1.20 bits per heavy atom. The molecule has 7 nitrogen and oxygen atoms in total. The Bertz CT molecular complexity index is 836. The highest BCUT2D eigenvalue weighted by molar-refractivity contribution is 7.17. The van der Waals surface area contributed by atoms with Crippen LogP contribution in [0.3, 0.4) is 0 Å². The number of thiophene rings is 1. The Kier molecular flexibility index (Phi) is 6.75. The highest BCUT2D eigenvalue weighted by Gasteiger charge is 2.34. The van der Waals surface area contributed by atoms with Gasteiger partial charge in [-0.3, -0.25) is 9.59 Å². The van der Waals surface area contributed by atoms with Crippen molar-refractivity contribution in [2.75, 3.05) is 11.9 Å². The van der Waals surface area contributed by atoms with E-state index in [4.69, 9.17) is 4.74 Å². The van der Waals surface area contributed by atoms with Crippen LogP contribution < -0.4 is 16.0 Å². The van der Waals surface area contributed by atoms with E-state index >= 15 is 0 Å². The third-order valence-corrected chi connectivity index (χ3v) is 6.27. The summed E-state index contributed by atoms with van der Waals surface area (Å²) in [6.07, 6.45) is 3.45. The first-order valence-electron chi connectivity index (χ1n) is 10.8. The number of carbonyl (C=O) groups excluding carboxylic acids is 3. The topological polar surface area (TPSA) is 96.5 Å². The Balaban J connectivity index is 0.00000341. The SMILES string of the molecule is CC(C)CNC(=O)c1c(NC(=O)C2CC2)sc2c1CC(NC(=O)OC(C)(C)C)CC2.[HH].[HH].[HH]. The molecule has 3 amide bonds. The first kappa shape index (κ1) is 22.6. The van der Waals surface area contributed by atoms with Crippen molar-refractivity contribution in [3.05, 3.63) is 16.0 Å². The fraction of sp³-hybridized carbons (Fsp3) is 0.682. The van der Waals surface area contributed by atoms with Crippen molar-refractivity contribution >= 4 is 34.2 Å². The van der Waals surface area contributed by atoms with Gasteiger partial charge in [-0.1, -0.05) is 13.8 Å². The molecule has 1 fully saturated rings. The van der Waals surface area contributed by atoms with Crippen molar-refractivity contribution < 1.29 is 23.4 Å². The molecule has 172 valence electrons. The van der Waals surface area contributed by atoms with Gasteiger partial charge in [-0.25, -0.2) is 4.79 Å². The zero-order valence-electron chi connectivity index (χ0n) is 18.5. The molecule has 3 N–H and O–H groups in total. The molecule has 0 spiro atoms. The quantitative estimate of drug-likeness (QED) is 0.601. The van der Waals surface area contributed by atoms with Crippen LogP contribution >= 0.6 is 11.3 Å². The van der Waals surface area contributed by atoms with Crippen molar-refractivity contribution in [1.29, 1.82) is 0 Å². The van der Waals surface area contributed by atoms with Crippen molar-refractivity contribution in [2.45, 2.75) is 78.4 Å². The number of anilines is 1. The zero-order valence-corrected chi connectivity index (χ0v) is 19.3. The molecule has 8 heteroatoms. The van der Waals surface area contributed by atoms with Crippen LogP contribution in [0.15, 0.2) is 0 Å². The predicted molar refractivity (Wildman–Crippen MR) is 124 cm³/mol. The lowest BCUT2D eigenvalue weighted by Gasteiger charge is -2.26. The number of aryl methyl sites for hydroxylation is 1. The van der Waals surface area contributed by atoms with E-state index in [1.807, 2.05) is 34.6 Å². The van der Waals surface area contributed by atoms with E-state index < -0.39 is 11.7 Å². The molecule has 2 aliphatic rings. The van der Waals surface area contributed by atoms with Gasteiger partial charge >= 0.3 is 6.09 Å². The summed E-state index contributed by atoms with van der Waals surface area (Å²) < 4.78 is 5.38. The van der Waals surface area contributed by atoms with E-state index in [0.29, 0.717) is 29.4 Å². The summed E-state index contributed by atoms with van der Waals surface area (Å²) in [4.78, 5) is 38.7. The second-order valence-corrected chi connectivity index (χ2v) is 10.8. The van der Waals surface area contributed by atoms with Crippen LogP contribution in [0.5, 0.6) is 0 Å². The number of rotatable bonds is 6. The molecule has 0 aliphatic heterocycles. The van der Waals surface area contributed by atoms with E-state index in [2.05, 4.69) is 16.0 Å². The number of hydrogen-bond donors (Lipinski definition) is 3. The standard InChI is InChI=1S/C22H33N3O4S.3H2/c1-12(2)11-23-19(27)17-15-10-14(24-21(28)29-22(3,4)5)8-9-16(15)30-20(17)25-18(26)13-6-7-13;;;/h12-14H,6-11H2,1-5H3,(H,23,27)(H,24,28)(H,25,26);3*1H. The largest absolute Gasteiger partial charge is 0.444 e. The number of fused-ring (bicyclic) bond motifs is 1. The van der Waals surface area contributed by atoms with E-state index in [0.717, 1.165) is 36.1 Å². The van der Waals surface area contributed by atoms with Crippen LogP contribution in [-0.2, 0) is 22.4 Å². The summed E-state index contributed by atoms with van der Waals surface area (Å²) in [6, 6.07) is -0.106. The van der Waals surface area contributed by atoms with Crippen LogP contribution in [0.2, 0.25) is 0 Å². The molecule has 1 aromatic rings. The molecule has 1 atom stereocenters. The zero-order chi connectivity index (χ0) is 22.1. The summed E-state index contributed by atoms with van der Waals surface area (Å²) in [6.45, 7) is 10.1. The Morgan fingerprint density at radius 3 is 2.50 bits per heavy atom. The lowest BCUT2D eigenvalue weighted by atomic mass is 9.91. The van der Waals surface area contributed by atoms with E-state index in [1.54, 1.807) is 0 Å². The third-order valence-electron chi connectivity index (χ3n) is 5.06. The van der Waals surface area contributed by atoms with Crippen LogP contribution in [0.25, 0.3) is 0 Å². The highest BCUT2D eigenvalue weighted by Crippen LogP contribution is 2.40. The van der Waals surface area contributed by atoms with Crippen molar-refractivity contribution in [1.82, 2.24) is 10.6 Å². The second-order valence-electron chi connectivity index (χ2n) is 9.66. The molecule has 1 unspecified atom stereocenters. The van der Waals surface area contributed by atoms with Gasteiger partial charge in [0.1, 0.15) is 10.6 Å². The monoisotopic (exact) mass is 441 g/mol. The molecule has 1 heterocycles. The molecule has 3 rings (SSSR count). The van der Waals surface area contributed by atoms with Crippen molar-refractivity contribution in [3.8, 4) is 0 Å². The Morgan fingerprint density at radius 2 is 1.90 bits per heavy atom. The molecular formula is C22H39N3O4S. The van der Waals surface area contributed by atoms with Crippen LogP contribution in [0, 0.1) is 11.8 Å². The van der Waals surface area contributed by atoms with E-state index in [9.17, 15) is 14.4 Å². The Hall–Kier alpha value is -2.09. The minimum absolute atomic E-state index is 0. The minimum atomic E-state index is -0.561. The van der Waals surface area contributed by atoms with E-state index in [-0.39, 0.29) is 28.1 Å². The van der Waals surface area contributed by atoms with E-state index in [1.165, 1.54) is 11.3 Å². The van der Waals surface area contributed by atoms with Crippen LogP contribution in [-0.4, -0.2) is 36.1 Å². The summed E-state index contributed by atoms with van der Waals surface area (Å²) in [5.41, 5.74) is 0.925. The number of hydrogen-bond acceptors (Lipinski definition) is 5. The Labute approximate surface area is 186 Å². The number of carbonyl (C=O) groups is 3. The maximum Gasteiger partial charge on any atom is 0.407 e. The predicted octanol–water partition coefficient (Wildman–Crippen LogP) is 4.60. The molecule has 0 saturated heterocycles. The number of amides is 3. The smallest absolute Gasteiger partial charge is 0.407 e. The maximum absolute atomic E-state index is 13.0. The van der Waals surface area contributed by atoms with Gasteiger partial charge in [-0.05, 0) is 64.4 Å². The number of nitrogens with one attached hydrogen (secondary N) is 3. The normalized spacial score (nSPS) is 18.5. The summed E-state index contributed by atoms with van der Waals surface area (Å²) in [5.74, 6) is 0.229. The van der Waals surface area contributed by atoms with Crippen LogP contribution in [0.1, 0.15) is 79.0 Å². The molecule has 0 bridgehead atoms. The molecule has 0 aromatic carbocycles. The first-order valence-corrected chi connectivity index (χ1v) is 11.6. The molecule has 2 aliphatic carbocycles. The first-order chi connectivity index (χ1) is 14.0. The fourth-order valence-corrected chi connectivity index (χ4v) is 4.70. The van der Waals surface area contributed by atoms with Gasteiger partial charge in [0.25, 0.3) is 5.91 Å². The minimum Gasteiger partial charge on any atom is -0.444 e. The maximum atomic E-state index is 13.0. The average Bonchev–Trinajstić information content (AvgIpc) is 3.40. The number of alkyl carbamates (subject to hydrolysis) is 1. The third kappa shape index (κ3) is 5.97. The number of ether oxygens (including phenoxy) is 1. The molecular weight excluding hydrogens is 402 g/mol. The summed E-state index contributed by atoms with van der Waals surface area (Å²) in [7, 11) is 0. The van der Waals surface area contributed by atoms with Crippen LogP contribution in [0.4, 0.5) is 9.80 Å². The highest BCUT2D eigenvalue weighted by atomic mass is 32.1. The molecule has 30 heavy (non-hydrogen) atoms. The molecule has 1 saturated carbocycles. The van der Waals surface area contributed by atoms with Crippen molar-refractivity contribution in [2.24, 2.45) is 11.8 Å². The summed E-state index contributed by atoms with van der Waals surface area (Å²) in [5, 5.41) is 9.55. The average molecular weight is 442 g/mol. The summed E-state index contributed by atoms with van der Waals surface area (Å²) >= 11 is 1.49. The molecule has 1 aromatic heterocycles. The fourth-order valence-electron chi connectivity index (χ4n) is 3.45.